The predicted molar refractivity (Wildman–Crippen MR) is 77.8 cm³/mol. The number of hydrogen-bond acceptors (Lipinski definition) is 3. The summed E-state index contributed by atoms with van der Waals surface area (Å²) in [6.07, 6.45) is 0. The number of aromatic amines is 1. The molecule has 1 N–H and O–H groups in total. The monoisotopic (exact) mass is 339 g/mol. The zero-order chi connectivity index (χ0) is 12.5. The van der Waals surface area contributed by atoms with Gasteiger partial charge in [0.1, 0.15) is 0 Å². The summed E-state index contributed by atoms with van der Waals surface area (Å²) in [6, 6.07) is 9.54. The lowest BCUT2D eigenvalue weighted by atomic mass is 10.2. The Hall–Kier alpha value is -1.17. The fourth-order valence-corrected chi connectivity index (χ4v) is 3.10. The van der Waals surface area contributed by atoms with Gasteiger partial charge in [0.25, 0.3) is 0 Å². The van der Waals surface area contributed by atoms with Gasteiger partial charge in [0.2, 0.25) is 0 Å². The summed E-state index contributed by atoms with van der Waals surface area (Å²) in [6.45, 7) is 0. The van der Waals surface area contributed by atoms with E-state index in [9.17, 15) is 0 Å². The molecule has 3 nitrogen and oxygen atoms in total. The van der Waals surface area contributed by atoms with Gasteiger partial charge in [-0.2, -0.15) is 5.10 Å². The lowest BCUT2D eigenvalue weighted by Crippen LogP contribution is -1.82. The van der Waals surface area contributed by atoms with Gasteiger partial charge in [-0.25, -0.2) is 4.98 Å². The van der Waals surface area contributed by atoms with Crippen molar-refractivity contribution in [1.29, 1.82) is 0 Å². The van der Waals surface area contributed by atoms with Crippen molar-refractivity contribution in [2.24, 2.45) is 0 Å². The van der Waals surface area contributed by atoms with Gasteiger partial charge in [-0.15, -0.1) is 11.3 Å². The van der Waals surface area contributed by atoms with Crippen LogP contribution in [0.25, 0.3) is 22.1 Å². The number of nitrogens with one attached hydrogen (secondary N) is 1. The number of rotatable bonds is 2. The molecule has 0 saturated carbocycles. The van der Waals surface area contributed by atoms with Crippen molar-refractivity contribution < 1.29 is 0 Å². The molecule has 0 fully saturated rings. The molecule has 0 bridgehead atoms. The SMILES string of the molecule is Clc1ccc(-c2n[nH]c(-c3cccs3)n2)c(Br)c1. The van der Waals surface area contributed by atoms with E-state index >= 15 is 0 Å². The van der Waals surface area contributed by atoms with E-state index in [4.69, 9.17) is 11.6 Å². The smallest absolute Gasteiger partial charge is 0.182 e. The summed E-state index contributed by atoms with van der Waals surface area (Å²) >= 11 is 11.0. The van der Waals surface area contributed by atoms with Crippen LogP contribution in [-0.2, 0) is 0 Å². The van der Waals surface area contributed by atoms with Crippen molar-refractivity contribution in [2.45, 2.75) is 0 Å². The van der Waals surface area contributed by atoms with Gasteiger partial charge >= 0.3 is 0 Å². The standard InChI is InChI=1S/C12H7BrClN3S/c13-9-6-7(14)3-4-8(9)11-15-12(17-16-11)10-2-1-5-18-10/h1-6H,(H,15,16,17). The zero-order valence-electron chi connectivity index (χ0n) is 9.02. The zero-order valence-corrected chi connectivity index (χ0v) is 12.2. The summed E-state index contributed by atoms with van der Waals surface area (Å²) < 4.78 is 0.881. The van der Waals surface area contributed by atoms with Gasteiger partial charge in [0.15, 0.2) is 11.6 Å². The second-order valence-electron chi connectivity index (χ2n) is 3.61. The first-order valence-corrected chi connectivity index (χ1v) is 7.21. The van der Waals surface area contributed by atoms with Gasteiger partial charge in [-0.05, 0) is 45.6 Å². The normalized spacial score (nSPS) is 10.8. The minimum absolute atomic E-state index is 0.655. The Bertz CT molecular complexity index is 678. The topological polar surface area (TPSA) is 41.6 Å². The first-order chi connectivity index (χ1) is 8.74. The van der Waals surface area contributed by atoms with Gasteiger partial charge in [0, 0.05) is 15.1 Å². The summed E-state index contributed by atoms with van der Waals surface area (Å²) in [5, 5.41) is 9.86. The fourth-order valence-electron chi connectivity index (χ4n) is 1.58. The first kappa shape index (κ1) is 11.9. The molecule has 90 valence electrons. The number of aromatic nitrogens is 3. The molecule has 2 heterocycles. The van der Waals surface area contributed by atoms with E-state index < -0.39 is 0 Å². The number of H-pyrrole nitrogens is 1. The van der Waals surface area contributed by atoms with Crippen LogP contribution >= 0.6 is 38.9 Å². The molecule has 0 atom stereocenters. The van der Waals surface area contributed by atoms with E-state index in [0.29, 0.717) is 10.8 Å². The fraction of sp³-hybridized carbons (Fsp3) is 0. The lowest BCUT2D eigenvalue weighted by molar-refractivity contribution is 1.10. The molecule has 0 saturated heterocycles. The number of nitrogens with zero attached hydrogens (tertiary/aromatic N) is 2. The second-order valence-corrected chi connectivity index (χ2v) is 5.85. The molecule has 0 aliphatic carbocycles. The lowest BCUT2D eigenvalue weighted by Gasteiger charge is -1.99. The molecule has 2 aromatic heterocycles. The molecule has 0 unspecified atom stereocenters. The van der Waals surface area contributed by atoms with Crippen LogP contribution in [-0.4, -0.2) is 15.2 Å². The highest BCUT2D eigenvalue weighted by molar-refractivity contribution is 9.10. The molecule has 0 radical (unpaired) electrons. The van der Waals surface area contributed by atoms with E-state index in [0.717, 1.165) is 20.7 Å². The maximum atomic E-state index is 5.91. The molecule has 6 heteroatoms. The molecular formula is C12H7BrClN3S. The maximum absolute atomic E-state index is 5.91. The van der Waals surface area contributed by atoms with E-state index in [2.05, 4.69) is 31.1 Å². The Balaban J connectivity index is 2.03. The van der Waals surface area contributed by atoms with Gasteiger partial charge in [-0.3, -0.25) is 5.10 Å². The largest absolute Gasteiger partial charge is 0.258 e. The van der Waals surface area contributed by atoms with Gasteiger partial charge in [-0.1, -0.05) is 17.7 Å². The molecule has 0 amide bonds. The number of thiophene rings is 1. The third kappa shape index (κ3) is 2.21. The Morgan fingerprint density at radius 1 is 1.28 bits per heavy atom. The van der Waals surface area contributed by atoms with Crippen LogP contribution < -0.4 is 0 Å². The van der Waals surface area contributed by atoms with Crippen molar-refractivity contribution in [1.82, 2.24) is 15.2 Å². The van der Waals surface area contributed by atoms with E-state index in [-0.39, 0.29) is 0 Å². The van der Waals surface area contributed by atoms with Crippen LogP contribution in [0.5, 0.6) is 0 Å². The molecule has 0 aliphatic heterocycles. The number of halogens is 2. The molecule has 18 heavy (non-hydrogen) atoms. The van der Waals surface area contributed by atoms with Gasteiger partial charge < -0.3 is 0 Å². The Labute approximate surface area is 121 Å². The summed E-state index contributed by atoms with van der Waals surface area (Å²) in [4.78, 5) is 5.55. The van der Waals surface area contributed by atoms with Crippen molar-refractivity contribution >= 4 is 38.9 Å². The van der Waals surface area contributed by atoms with Crippen LogP contribution in [0.2, 0.25) is 5.02 Å². The Morgan fingerprint density at radius 2 is 2.17 bits per heavy atom. The first-order valence-electron chi connectivity index (χ1n) is 5.16. The van der Waals surface area contributed by atoms with Crippen molar-refractivity contribution in [3.8, 4) is 22.1 Å². The summed E-state index contributed by atoms with van der Waals surface area (Å²) in [5.74, 6) is 1.43. The summed E-state index contributed by atoms with van der Waals surface area (Å²) in [7, 11) is 0. The Morgan fingerprint density at radius 3 is 2.89 bits per heavy atom. The number of benzene rings is 1. The van der Waals surface area contributed by atoms with E-state index in [1.165, 1.54) is 0 Å². The van der Waals surface area contributed by atoms with Crippen LogP contribution in [0, 0.1) is 0 Å². The molecule has 3 aromatic rings. The summed E-state index contributed by atoms with van der Waals surface area (Å²) in [5.41, 5.74) is 0.915. The minimum Gasteiger partial charge on any atom is -0.258 e. The molecule has 0 aliphatic rings. The van der Waals surface area contributed by atoms with Crippen molar-refractivity contribution in [3.05, 3.63) is 45.2 Å². The molecule has 3 rings (SSSR count). The van der Waals surface area contributed by atoms with Crippen LogP contribution in [0.15, 0.2) is 40.2 Å². The van der Waals surface area contributed by atoms with E-state index in [1.54, 1.807) is 11.3 Å². The Kier molecular flexibility index (Phi) is 3.20. The van der Waals surface area contributed by atoms with Crippen LogP contribution in [0.3, 0.4) is 0 Å². The van der Waals surface area contributed by atoms with Crippen molar-refractivity contribution in [3.63, 3.8) is 0 Å². The number of hydrogen-bond donors (Lipinski definition) is 1. The second kappa shape index (κ2) is 4.84. The highest BCUT2D eigenvalue weighted by Gasteiger charge is 2.11. The molecule has 1 aromatic carbocycles. The third-order valence-electron chi connectivity index (χ3n) is 2.41. The molecular weight excluding hydrogens is 334 g/mol. The van der Waals surface area contributed by atoms with Crippen LogP contribution in [0.1, 0.15) is 0 Å². The highest BCUT2D eigenvalue weighted by Crippen LogP contribution is 2.30. The quantitative estimate of drug-likeness (QED) is 0.740. The third-order valence-corrected chi connectivity index (χ3v) is 4.18. The minimum atomic E-state index is 0.655. The van der Waals surface area contributed by atoms with Crippen molar-refractivity contribution in [2.75, 3.05) is 0 Å². The van der Waals surface area contributed by atoms with Crippen LogP contribution in [0.4, 0.5) is 0 Å². The average molecular weight is 341 g/mol. The van der Waals surface area contributed by atoms with E-state index in [1.807, 2.05) is 35.7 Å². The van der Waals surface area contributed by atoms with Gasteiger partial charge in [0.05, 0.1) is 4.88 Å². The molecule has 0 spiro atoms. The maximum Gasteiger partial charge on any atom is 0.182 e. The highest BCUT2D eigenvalue weighted by atomic mass is 79.9. The predicted octanol–water partition coefficient (Wildman–Crippen LogP) is 4.62. The average Bonchev–Trinajstić information content (AvgIpc) is 2.99.